The summed E-state index contributed by atoms with van der Waals surface area (Å²) >= 11 is 0. The molecule has 0 aliphatic carbocycles. The molecule has 3 nitrogen and oxygen atoms in total. The van der Waals surface area contributed by atoms with Gasteiger partial charge in [-0.05, 0) is 30.0 Å². The zero-order chi connectivity index (χ0) is 9.80. The van der Waals surface area contributed by atoms with Crippen molar-refractivity contribution in [2.45, 2.75) is 0 Å². The van der Waals surface area contributed by atoms with Crippen molar-refractivity contribution in [3.63, 3.8) is 0 Å². The maximum atomic E-state index is 8.61. The third kappa shape index (κ3) is 1.64. The van der Waals surface area contributed by atoms with Gasteiger partial charge in [0.2, 0.25) is 0 Å². The quantitative estimate of drug-likeness (QED) is 0.717. The third-order valence-electron chi connectivity index (χ3n) is 2.01. The Kier molecular flexibility index (Phi) is 2.28. The van der Waals surface area contributed by atoms with Gasteiger partial charge in [0.05, 0.1) is 11.3 Å². The summed E-state index contributed by atoms with van der Waals surface area (Å²) in [6, 6.07) is 5.68. The van der Waals surface area contributed by atoms with Crippen molar-refractivity contribution in [3.8, 4) is 6.07 Å². The lowest BCUT2D eigenvalue weighted by Crippen LogP contribution is -2.08. The Morgan fingerprint density at radius 1 is 1.43 bits per heavy atom. The Hall–Kier alpha value is -2.08. The first-order valence-corrected chi connectivity index (χ1v) is 4.37. The van der Waals surface area contributed by atoms with Crippen LogP contribution in [0.15, 0.2) is 36.7 Å². The Labute approximate surface area is 82.4 Å². The van der Waals surface area contributed by atoms with Crippen molar-refractivity contribution >= 4 is 5.57 Å². The summed E-state index contributed by atoms with van der Waals surface area (Å²) in [6.45, 7) is 0.827. The van der Waals surface area contributed by atoms with Gasteiger partial charge in [-0.3, -0.25) is 4.98 Å². The van der Waals surface area contributed by atoms with Crippen molar-refractivity contribution in [1.29, 1.82) is 5.26 Å². The topological polar surface area (TPSA) is 48.7 Å². The molecule has 0 saturated heterocycles. The van der Waals surface area contributed by atoms with E-state index in [9.17, 15) is 0 Å². The van der Waals surface area contributed by atoms with Crippen LogP contribution in [0.3, 0.4) is 0 Å². The van der Waals surface area contributed by atoms with E-state index in [1.807, 2.05) is 24.4 Å². The lowest BCUT2D eigenvalue weighted by Gasteiger charge is -2.07. The van der Waals surface area contributed by atoms with Gasteiger partial charge in [0.15, 0.2) is 0 Å². The van der Waals surface area contributed by atoms with E-state index in [0.717, 1.165) is 17.8 Å². The van der Waals surface area contributed by atoms with Crippen molar-refractivity contribution < 1.29 is 0 Å². The minimum atomic E-state index is 0.590. The SMILES string of the molecule is N#Cc1ccc(C2=CCNC=C2)nc1. The summed E-state index contributed by atoms with van der Waals surface area (Å²) in [5.41, 5.74) is 2.59. The number of aromatic nitrogens is 1. The predicted octanol–water partition coefficient (Wildman–Crippen LogP) is 1.45. The maximum Gasteiger partial charge on any atom is 0.101 e. The molecule has 1 aliphatic rings. The van der Waals surface area contributed by atoms with E-state index in [1.54, 1.807) is 12.3 Å². The minimum absolute atomic E-state index is 0.590. The molecule has 0 spiro atoms. The molecule has 1 aromatic heterocycles. The van der Waals surface area contributed by atoms with Crippen LogP contribution in [0.4, 0.5) is 0 Å². The summed E-state index contributed by atoms with van der Waals surface area (Å²) in [4.78, 5) is 4.20. The van der Waals surface area contributed by atoms with Crippen LogP contribution >= 0.6 is 0 Å². The minimum Gasteiger partial charge on any atom is -0.387 e. The van der Waals surface area contributed by atoms with Crippen LogP contribution in [0.5, 0.6) is 0 Å². The van der Waals surface area contributed by atoms with Crippen LogP contribution in [-0.2, 0) is 0 Å². The fourth-order valence-electron chi connectivity index (χ4n) is 1.27. The molecule has 0 unspecified atom stereocenters. The second kappa shape index (κ2) is 3.75. The van der Waals surface area contributed by atoms with Gasteiger partial charge in [-0.1, -0.05) is 6.08 Å². The van der Waals surface area contributed by atoms with Gasteiger partial charge in [0.25, 0.3) is 0 Å². The second-order valence-corrected chi connectivity index (χ2v) is 2.94. The number of allylic oxidation sites excluding steroid dienone is 2. The molecule has 0 radical (unpaired) electrons. The normalized spacial score (nSPS) is 14.1. The van der Waals surface area contributed by atoms with Gasteiger partial charge in [-0.25, -0.2) is 0 Å². The molecule has 0 atom stereocenters. The summed E-state index contributed by atoms with van der Waals surface area (Å²) in [5, 5.41) is 11.7. The smallest absolute Gasteiger partial charge is 0.101 e. The number of rotatable bonds is 1. The molecule has 68 valence electrons. The van der Waals surface area contributed by atoms with Crippen LogP contribution < -0.4 is 5.32 Å². The Morgan fingerprint density at radius 2 is 2.36 bits per heavy atom. The van der Waals surface area contributed by atoms with Gasteiger partial charge < -0.3 is 5.32 Å². The molecular weight excluding hydrogens is 174 g/mol. The van der Waals surface area contributed by atoms with E-state index in [0.29, 0.717) is 5.56 Å². The molecule has 14 heavy (non-hydrogen) atoms. The lowest BCUT2D eigenvalue weighted by molar-refractivity contribution is 0.973. The number of nitrogens with zero attached hydrogens (tertiary/aromatic N) is 2. The third-order valence-corrected chi connectivity index (χ3v) is 2.01. The van der Waals surface area contributed by atoms with Crippen molar-refractivity contribution in [2.75, 3.05) is 6.54 Å². The first kappa shape index (κ1) is 8.52. The van der Waals surface area contributed by atoms with Crippen LogP contribution in [0, 0.1) is 11.3 Å². The number of nitrogens with one attached hydrogen (secondary N) is 1. The zero-order valence-electron chi connectivity index (χ0n) is 7.57. The average Bonchev–Trinajstić information content (AvgIpc) is 2.30. The number of nitriles is 1. The summed E-state index contributed by atoms with van der Waals surface area (Å²) in [6.07, 6.45) is 7.52. The van der Waals surface area contributed by atoms with E-state index in [1.165, 1.54) is 0 Å². The van der Waals surface area contributed by atoms with Gasteiger partial charge in [0, 0.05) is 12.7 Å². The highest BCUT2D eigenvalue weighted by Crippen LogP contribution is 2.14. The Morgan fingerprint density at radius 3 is 2.93 bits per heavy atom. The monoisotopic (exact) mass is 183 g/mol. The highest BCUT2D eigenvalue weighted by Gasteiger charge is 2.01. The highest BCUT2D eigenvalue weighted by molar-refractivity contribution is 5.72. The first-order valence-electron chi connectivity index (χ1n) is 4.37. The second-order valence-electron chi connectivity index (χ2n) is 2.94. The molecule has 2 heterocycles. The highest BCUT2D eigenvalue weighted by atomic mass is 14.8. The molecular formula is C11H9N3. The van der Waals surface area contributed by atoms with Crippen molar-refractivity contribution in [3.05, 3.63) is 47.9 Å². The molecule has 0 amide bonds. The standard InChI is InChI=1S/C11H9N3/c12-7-9-1-2-11(14-8-9)10-3-5-13-6-4-10/h1-5,8,13H,6H2. The molecule has 0 bridgehead atoms. The largest absolute Gasteiger partial charge is 0.387 e. The average molecular weight is 183 g/mol. The van der Waals surface area contributed by atoms with E-state index < -0.39 is 0 Å². The number of pyridine rings is 1. The van der Waals surface area contributed by atoms with Gasteiger partial charge >= 0.3 is 0 Å². The fraction of sp³-hybridized carbons (Fsp3) is 0.0909. The Balaban J connectivity index is 2.30. The van der Waals surface area contributed by atoms with Crippen LogP contribution in [0.1, 0.15) is 11.3 Å². The van der Waals surface area contributed by atoms with Crippen LogP contribution in [0.25, 0.3) is 5.57 Å². The number of dihydropyridines is 1. The van der Waals surface area contributed by atoms with Gasteiger partial charge in [-0.2, -0.15) is 5.26 Å². The molecule has 3 heteroatoms. The summed E-state index contributed by atoms with van der Waals surface area (Å²) < 4.78 is 0. The van der Waals surface area contributed by atoms with Crippen LogP contribution in [-0.4, -0.2) is 11.5 Å². The van der Waals surface area contributed by atoms with E-state index in [-0.39, 0.29) is 0 Å². The fourth-order valence-corrected chi connectivity index (χ4v) is 1.27. The predicted molar refractivity (Wildman–Crippen MR) is 54.1 cm³/mol. The lowest BCUT2D eigenvalue weighted by atomic mass is 10.1. The van der Waals surface area contributed by atoms with E-state index in [4.69, 9.17) is 5.26 Å². The van der Waals surface area contributed by atoms with Gasteiger partial charge in [-0.15, -0.1) is 0 Å². The van der Waals surface area contributed by atoms with Crippen molar-refractivity contribution in [2.24, 2.45) is 0 Å². The maximum absolute atomic E-state index is 8.61. The zero-order valence-corrected chi connectivity index (χ0v) is 7.57. The molecule has 2 rings (SSSR count). The molecule has 0 aromatic carbocycles. The van der Waals surface area contributed by atoms with E-state index >= 15 is 0 Å². The summed E-state index contributed by atoms with van der Waals surface area (Å²) in [5.74, 6) is 0. The van der Waals surface area contributed by atoms with E-state index in [2.05, 4.69) is 16.4 Å². The molecule has 0 fully saturated rings. The molecule has 1 aliphatic heterocycles. The van der Waals surface area contributed by atoms with Crippen molar-refractivity contribution in [1.82, 2.24) is 10.3 Å². The number of hydrogen-bond acceptors (Lipinski definition) is 3. The summed E-state index contributed by atoms with van der Waals surface area (Å²) in [7, 11) is 0. The Bertz CT molecular complexity index is 421. The number of hydrogen-bond donors (Lipinski definition) is 1. The molecule has 1 aromatic rings. The van der Waals surface area contributed by atoms with Crippen LogP contribution in [0.2, 0.25) is 0 Å². The molecule has 0 saturated carbocycles. The van der Waals surface area contributed by atoms with Gasteiger partial charge in [0.1, 0.15) is 6.07 Å². The first-order chi connectivity index (χ1) is 6.90. The molecule has 1 N–H and O–H groups in total.